The average Bonchev–Trinajstić information content (AvgIpc) is 2.64. The molecule has 1 aromatic heterocycles. The van der Waals surface area contributed by atoms with E-state index in [9.17, 15) is 0 Å². The maximum absolute atomic E-state index is 5.44. The van der Waals surface area contributed by atoms with Crippen molar-refractivity contribution in [3.8, 4) is 5.75 Å². The van der Waals surface area contributed by atoms with Gasteiger partial charge in [0.2, 0.25) is 5.95 Å². The summed E-state index contributed by atoms with van der Waals surface area (Å²) < 4.78 is 5.44. The number of nitrogens with zero attached hydrogens (tertiary/aromatic N) is 3. The maximum atomic E-state index is 5.44. The molecule has 6 nitrogen and oxygen atoms in total. The molecule has 3 aromatic rings. The Morgan fingerprint density at radius 1 is 0.923 bits per heavy atom. The molecule has 0 fully saturated rings. The first-order valence-electron chi connectivity index (χ1n) is 8.70. The molecule has 1 heterocycles. The van der Waals surface area contributed by atoms with Crippen molar-refractivity contribution in [2.75, 3.05) is 17.2 Å². The van der Waals surface area contributed by atoms with Crippen LogP contribution in [0.25, 0.3) is 0 Å². The molecule has 0 saturated carbocycles. The number of anilines is 4. The Morgan fingerprint density at radius 2 is 1.58 bits per heavy atom. The Kier molecular flexibility index (Phi) is 5.63. The fraction of sp³-hybridized carbons (Fsp3) is 0.250. The van der Waals surface area contributed by atoms with Crippen LogP contribution in [0.2, 0.25) is 0 Å². The Morgan fingerprint density at radius 3 is 2.23 bits per heavy atom. The number of rotatable bonds is 7. The van der Waals surface area contributed by atoms with Crippen LogP contribution in [0.15, 0.2) is 54.7 Å². The Bertz CT molecular complexity index is 832. The molecule has 0 saturated heterocycles. The van der Waals surface area contributed by atoms with Gasteiger partial charge in [0.15, 0.2) is 5.82 Å². The minimum atomic E-state index is 0.443. The van der Waals surface area contributed by atoms with Crippen molar-refractivity contribution in [3.05, 3.63) is 60.3 Å². The van der Waals surface area contributed by atoms with Crippen molar-refractivity contribution in [1.82, 2.24) is 15.2 Å². The molecule has 0 atom stereocenters. The van der Waals surface area contributed by atoms with Gasteiger partial charge >= 0.3 is 0 Å². The summed E-state index contributed by atoms with van der Waals surface area (Å²) in [6.07, 6.45) is 1.59. The lowest BCUT2D eigenvalue weighted by Gasteiger charge is -2.10. The quantitative estimate of drug-likeness (QED) is 0.633. The summed E-state index contributed by atoms with van der Waals surface area (Å²) in [5, 5.41) is 14.4. The van der Waals surface area contributed by atoms with E-state index < -0.39 is 0 Å². The highest BCUT2D eigenvalue weighted by molar-refractivity contribution is 5.59. The number of benzene rings is 2. The van der Waals surface area contributed by atoms with Crippen molar-refractivity contribution < 1.29 is 4.74 Å². The van der Waals surface area contributed by atoms with Gasteiger partial charge in [0.1, 0.15) is 5.75 Å². The lowest BCUT2D eigenvalue weighted by Crippen LogP contribution is -2.02. The second-order valence-electron chi connectivity index (χ2n) is 6.15. The van der Waals surface area contributed by atoms with E-state index in [4.69, 9.17) is 4.74 Å². The van der Waals surface area contributed by atoms with Crippen LogP contribution in [0.4, 0.5) is 23.1 Å². The van der Waals surface area contributed by atoms with Gasteiger partial charge in [-0.25, -0.2) is 0 Å². The van der Waals surface area contributed by atoms with E-state index in [1.165, 1.54) is 5.56 Å². The van der Waals surface area contributed by atoms with Crippen molar-refractivity contribution in [2.24, 2.45) is 0 Å². The smallest absolute Gasteiger partial charge is 0.249 e. The van der Waals surface area contributed by atoms with E-state index in [2.05, 4.69) is 51.8 Å². The second-order valence-corrected chi connectivity index (χ2v) is 6.15. The molecule has 0 spiro atoms. The summed E-state index contributed by atoms with van der Waals surface area (Å²) in [4.78, 5) is 4.45. The highest BCUT2D eigenvalue weighted by Gasteiger charge is 2.04. The number of hydrogen-bond acceptors (Lipinski definition) is 6. The largest absolute Gasteiger partial charge is 0.494 e. The molecule has 0 unspecified atom stereocenters. The molecule has 134 valence electrons. The molecule has 0 amide bonds. The van der Waals surface area contributed by atoms with Gasteiger partial charge < -0.3 is 15.4 Å². The summed E-state index contributed by atoms with van der Waals surface area (Å²) in [5.41, 5.74) is 3.12. The van der Waals surface area contributed by atoms with Gasteiger partial charge in [0.25, 0.3) is 0 Å². The summed E-state index contributed by atoms with van der Waals surface area (Å²) in [5.74, 6) is 2.40. The molecule has 2 aromatic carbocycles. The SMILES string of the molecule is CCOc1ccc(Nc2cnnc(Nc3ccc(C(C)C)cc3)n2)cc1. The van der Waals surface area contributed by atoms with Crippen LogP contribution in [0.5, 0.6) is 5.75 Å². The lowest BCUT2D eigenvalue weighted by atomic mass is 10.0. The molecule has 6 heteroatoms. The van der Waals surface area contributed by atoms with Gasteiger partial charge in [-0.1, -0.05) is 26.0 Å². The molecule has 0 aliphatic rings. The summed E-state index contributed by atoms with van der Waals surface area (Å²) >= 11 is 0. The molecule has 2 N–H and O–H groups in total. The third kappa shape index (κ3) is 4.69. The Balaban J connectivity index is 1.67. The predicted octanol–water partition coefficient (Wildman–Crippen LogP) is 4.88. The van der Waals surface area contributed by atoms with Gasteiger partial charge in [-0.15, -0.1) is 5.10 Å². The number of nitrogens with one attached hydrogen (secondary N) is 2. The highest BCUT2D eigenvalue weighted by Crippen LogP contribution is 2.21. The summed E-state index contributed by atoms with van der Waals surface area (Å²) in [6, 6.07) is 15.9. The standard InChI is InChI=1S/C20H23N5O/c1-4-26-18-11-9-16(10-12-18)22-19-13-21-25-20(24-19)23-17-7-5-15(6-8-17)14(2)3/h5-14H,4H2,1-3H3,(H2,22,23,24,25). The van der Waals surface area contributed by atoms with Crippen molar-refractivity contribution in [3.63, 3.8) is 0 Å². The van der Waals surface area contributed by atoms with Crippen LogP contribution in [-0.2, 0) is 0 Å². The third-order valence-electron chi connectivity index (χ3n) is 3.83. The zero-order valence-corrected chi connectivity index (χ0v) is 15.2. The molecular weight excluding hydrogens is 326 g/mol. The van der Waals surface area contributed by atoms with E-state index in [0.717, 1.165) is 17.1 Å². The lowest BCUT2D eigenvalue weighted by molar-refractivity contribution is 0.340. The Labute approximate surface area is 153 Å². The average molecular weight is 349 g/mol. The minimum absolute atomic E-state index is 0.443. The fourth-order valence-corrected chi connectivity index (χ4v) is 2.45. The zero-order valence-electron chi connectivity index (χ0n) is 15.2. The molecule has 26 heavy (non-hydrogen) atoms. The first-order chi connectivity index (χ1) is 12.6. The second kappa shape index (κ2) is 8.29. The van der Waals surface area contributed by atoms with Crippen LogP contribution in [-0.4, -0.2) is 21.8 Å². The fourth-order valence-electron chi connectivity index (χ4n) is 2.45. The van der Waals surface area contributed by atoms with Gasteiger partial charge in [-0.3, -0.25) is 0 Å². The summed E-state index contributed by atoms with van der Waals surface area (Å²) in [6.45, 7) is 6.95. The monoisotopic (exact) mass is 349 g/mol. The van der Waals surface area contributed by atoms with E-state index in [0.29, 0.717) is 24.3 Å². The molecular formula is C20H23N5O. The van der Waals surface area contributed by atoms with Gasteiger partial charge in [0.05, 0.1) is 12.8 Å². The molecule has 3 rings (SSSR count). The van der Waals surface area contributed by atoms with Gasteiger partial charge in [0, 0.05) is 11.4 Å². The van der Waals surface area contributed by atoms with E-state index >= 15 is 0 Å². The maximum Gasteiger partial charge on any atom is 0.249 e. The van der Waals surface area contributed by atoms with Gasteiger partial charge in [-0.2, -0.15) is 10.1 Å². The number of hydrogen-bond donors (Lipinski definition) is 2. The van der Waals surface area contributed by atoms with Crippen LogP contribution in [0.1, 0.15) is 32.3 Å². The van der Waals surface area contributed by atoms with Crippen LogP contribution < -0.4 is 15.4 Å². The van der Waals surface area contributed by atoms with Crippen LogP contribution in [0.3, 0.4) is 0 Å². The molecule has 0 aliphatic carbocycles. The van der Waals surface area contributed by atoms with Crippen molar-refractivity contribution >= 4 is 23.1 Å². The van der Waals surface area contributed by atoms with E-state index in [1.807, 2.05) is 43.3 Å². The molecule has 0 bridgehead atoms. The summed E-state index contributed by atoms with van der Waals surface area (Å²) in [7, 11) is 0. The topological polar surface area (TPSA) is 72.0 Å². The van der Waals surface area contributed by atoms with Crippen LogP contribution >= 0.6 is 0 Å². The first kappa shape index (κ1) is 17.7. The van der Waals surface area contributed by atoms with Crippen molar-refractivity contribution in [2.45, 2.75) is 26.7 Å². The Hall–Kier alpha value is -3.15. The van der Waals surface area contributed by atoms with E-state index in [-0.39, 0.29) is 0 Å². The normalized spacial score (nSPS) is 10.6. The third-order valence-corrected chi connectivity index (χ3v) is 3.83. The highest BCUT2D eigenvalue weighted by atomic mass is 16.5. The first-order valence-corrected chi connectivity index (χ1v) is 8.70. The van der Waals surface area contributed by atoms with E-state index in [1.54, 1.807) is 6.20 Å². The minimum Gasteiger partial charge on any atom is -0.494 e. The molecule has 0 aliphatic heterocycles. The molecule has 0 radical (unpaired) electrons. The van der Waals surface area contributed by atoms with Crippen molar-refractivity contribution in [1.29, 1.82) is 0 Å². The predicted molar refractivity (Wildman–Crippen MR) is 105 cm³/mol. The number of ether oxygens (including phenoxy) is 1. The van der Waals surface area contributed by atoms with Crippen LogP contribution in [0, 0.1) is 0 Å². The number of aromatic nitrogens is 3. The van der Waals surface area contributed by atoms with Gasteiger partial charge in [-0.05, 0) is 54.8 Å². The zero-order chi connectivity index (χ0) is 18.4.